The molecule has 0 saturated carbocycles. The number of carbonyl (C=O) groups is 1. The summed E-state index contributed by atoms with van der Waals surface area (Å²) in [5.41, 5.74) is 0.671. The summed E-state index contributed by atoms with van der Waals surface area (Å²) < 4.78 is 5.38. The lowest BCUT2D eigenvalue weighted by Gasteiger charge is -2.23. The van der Waals surface area contributed by atoms with Crippen molar-refractivity contribution in [2.24, 2.45) is 0 Å². The van der Waals surface area contributed by atoms with Gasteiger partial charge >= 0.3 is 0 Å². The number of carbonyl (C=O) groups excluding carboxylic acids is 1. The van der Waals surface area contributed by atoms with E-state index in [0.29, 0.717) is 12.2 Å². The molecule has 1 saturated heterocycles. The van der Waals surface area contributed by atoms with Crippen molar-refractivity contribution in [1.82, 2.24) is 10.6 Å². The van der Waals surface area contributed by atoms with E-state index in [4.69, 9.17) is 4.74 Å². The van der Waals surface area contributed by atoms with Crippen LogP contribution in [-0.2, 0) is 0 Å². The molecule has 0 spiro atoms. The Morgan fingerprint density at radius 3 is 2.68 bits per heavy atom. The SMILES string of the molecule is C=CCOc1ccc(C(=O)NC2CCNCC2)cc1. The van der Waals surface area contributed by atoms with Gasteiger partial charge in [-0.3, -0.25) is 4.79 Å². The van der Waals surface area contributed by atoms with Gasteiger partial charge in [0.1, 0.15) is 12.4 Å². The molecule has 1 amide bonds. The molecule has 1 aliphatic rings. The van der Waals surface area contributed by atoms with Crippen LogP contribution in [0.15, 0.2) is 36.9 Å². The number of ether oxygens (including phenoxy) is 1. The number of benzene rings is 1. The Hall–Kier alpha value is -1.81. The number of hydrogen-bond donors (Lipinski definition) is 2. The zero-order valence-corrected chi connectivity index (χ0v) is 11.0. The molecule has 102 valence electrons. The normalized spacial score (nSPS) is 15.8. The molecule has 0 unspecified atom stereocenters. The van der Waals surface area contributed by atoms with E-state index in [9.17, 15) is 4.79 Å². The first kappa shape index (κ1) is 13.6. The molecule has 0 atom stereocenters. The molecule has 0 aliphatic carbocycles. The Morgan fingerprint density at radius 2 is 2.05 bits per heavy atom. The Labute approximate surface area is 113 Å². The van der Waals surface area contributed by atoms with Gasteiger partial charge in [-0.05, 0) is 50.2 Å². The van der Waals surface area contributed by atoms with Crippen LogP contribution in [0.2, 0.25) is 0 Å². The molecule has 1 aromatic carbocycles. The molecule has 0 aromatic heterocycles. The summed E-state index contributed by atoms with van der Waals surface area (Å²) in [6.45, 7) is 6.01. The maximum Gasteiger partial charge on any atom is 0.251 e. The van der Waals surface area contributed by atoms with Crippen molar-refractivity contribution in [3.05, 3.63) is 42.5 Å². The average molecular weight is 260 g/mol. The zero-order chi connectivity index (χ0) is 13.5. The maximum absolute atomic E-state index is 12.0. The Balaban J connectivity index is 1.89. The molecule has 1 aliphatic heterocycles. The fourth-order valence-electron chi connectivity index (χ4n) is 2.09. The fourth-order valence-corrected chi connectivity index (χ4v) is 2.09. The molecule has 0 bridgehead atoms. The summed E-state index contributed by atoms with van der Waals surface area (Å²) >= 11 is 0. The van der Waals surface area contributed by atoms with Crippen LogP contribution in [-0.4, -0.2) is 31.6 Å². The molecule has 2 N–H and O–H groups in total. The fraction of sp³-hybridized carbons (Fsp3) is 0.400. The van der Waals surface area contributed by atoms with Gasteiger partial charge in [0, 0.05) is 11.6 Å². The van der Waals surface area contributed by atoms with Crippen molar-refractivity contribution in [3.63, 3.8) is 0 Å². The van der Waals surface area contributed by atoms with E-state index in [-0.39, 0.29) is 11.9 Å². The van der Waals surface area contributed by atoms with Crippen LogP contribution in [0.5, 0.6) is 5.75 Å². The van der Waals surface area contributed by atoms with E-state index in [1.54, 1.807) is 30.3 Å². The Bertz CT molecular complexity index is 422. The first-order chi connectivity index (χ1) is 9.29. The summed E-state index contributed by atoms with van der Waals surface area (Å²) in [5.74, 6) is 0.737. The highest BCUT2D eigenvalue weighted by atomic mass is 16.5. The molecule has 1 heterocycles. The van der Waals surface area contributed by atoms with Gasteiger partial charge in [-0.15, -0.1) is 0 Å². The zero-order valence-electron chi connectivity index (χ0n) is 11.0. The number of amides is 1. The second-order valence-corrected chi connectivity index (χ2v) is 4.62. The Morgan fingerprint density at radius 1 is 1.37 bits per heavy atom. The highest BCUT2D eigenvalue weighted by Crippen LogP contribution is 2.13. The third-order valence-corrected chi connectivity index (χ3v) is 3.16. The summed E-state index contributed by atoms with van der Waals surface area (Å²) in [6.07, 6.45) is 3.68. The minimum absolute atomic E-state index is 0.0119. The van der Waals surface area contributed by atoms with Gasteiger partial charge in [0.25, 0.3) is 5.91 Å². The first-order valence-electron chi connectivity index (χ1n) is 6.65. The first-order valence-corrected chi connectivity index (χ1v) is 6.65. The molecule has 4 heteroatoms. The molecule has 2 rings (SSSR count). The lowest BCUT2D eigenvalue weighted by molar-refractivity contribution is 0.0929. The molecule has 19 heavy (non-hydrogen) atoms. The van der Waals surface area contributed by atoms with Crippen LogP contribution in [0.25, 0.3) is 0 Å². The lowest BCUT2D eigenvalue weighted by atomic mass is 10.1. The quantitative estimate of drug-likeness (QED) is 0.793. The van der Waals surface area contributed by atoms with Gasteiger partial charge in [-0.25, -0.2) is 0 Å². The van der Waals surface area contributed by atoms with E-state index in [2.05, 4.69) is 17.2 Å². The van der Waals surface area contributed by atoms with Crippen molar-refractivity contribution in [2.75, 3.05) is 19.7 Å². The average Bonchev–Trinajstić information content (AvgIpc) is 2.46. The highest BCUT2D eigenvalue weighted by molar-refractivity contribution is 5.94. The van der Waals surface area contributed by atoms with Crippen LogP contribution < -0.4 is 15.4 Å². The molecular formula is C15H20N2O2. The molecule has 1 fully saturated rings. The van der Waals surface area contributed by atoms with Gasteiger partial charge < -0.3 is 15.4 Å². The highest BCUT2D eigenvalue weighted by Gasteiger charge is 2.16. The third-order valence-electron chi connectivity index (χ3n) is 3.16. The monoisotopic (exact) mass is 260 g/mol. The van der Waals surface area contributed by atoms with Crippen molar-refractivity contribution < 1.29 is 9.53 Å². The van der Waals surface area contributed by atoms with Crippen LogP contribution in [0.4, 0.5) is 0 Å². The lowest BCUT2D eigenvalue weighted by Crippen LogP contribution is -2.42. The van der Waals surface area contributed by atoms with Crippen molar-refractivity contribution in [3.8, 4) is 5.75 Å². The smallest absolute Gasteiger partial charge is 0.251 e. The predicted octanol–water partition coefficient (Wildman–Crippen LogP) is 1.73. The van der Waals surface area contributed by atoms with Crippen molar-refractivity contribution in [1.29, 1.82) is 0 Å². The third kappa shape index (κ3) is 4.10. The number of hydrogen-bond acceptors (Lipinski definition) is 3. The van der Waals surface area contributed by atoms with Gasteiger partial charge in [-0.1, -0.05) is 12.7 Å². The van der Waals surface area contributed by atoms with Gasteiger partial charge in [0.05, 0.1) is 0 Å². The van der Waals surface area contributed by atoms with Crippen LogP contribution in [0.1, 0.15) is 23.2 Å². The number of rotatable bonds is 5. The maximum atomic E-state index is 12.0. The molecule has 0 radical (unpaired) electrons. The van der Waals surface area contributed by atoms with Gasteiger partial charge in [0.2, 0.25) is 0 Å². The van der Waals surface area contributed by atoms with Crippen LogP contribution in [0.3, 0.4) is 0 Å². The topological polar surface area (TPSA) is 50.4 Å². The second kappa shape index (κ2) is 6.95. The number of nitrogens with one attached hydrogen (secondary N) is 2. The Kier molecular flexibility index (Phi) is 4.98. The van der Waals surface area contributed by atoms with E-state index < -0.39 is 0 Å². The standard InChI is InChI=1S/C15H20N2O2/c1-2-11-19-14-5-3-12(4-6-14)15(18)17-13-7-9-16-10-8-13/h2-6,13,16H,1,7-11H2,(H,17,18). The van der Waals surface area contributed by atoms with E-state index in [1.807, 2.05) is 0 Å². The summed E-state index contributed by atoms with van der Waals surface area (Å²) in [7, 11) is 0. The van der Waals surface area contributed by atoms with Crippen molar-refractivity contribution in [2.45, 2.75) is 18.9 Å². The van der Waals surface area contributed by atoms with Crippen LogP contribution >= 0.6 is 0 Å². The summed E-state index contributed by atoms with van der Waals surface area (Å²) in [6, 6.07) is 7.47. The van der Waals surface area contributed by atoms with E-state index in [0.717, 1.165) is 31.7 Å². The predicted molar refractivity (Wildman–Crippen MR) is 75.5 cm³/mol. The minimum atomic E-state index is -0.0119. The molecule has 1 aromatic rings. The summed E-state index contributed by atoms with van der Waals surface area (Å²) in [5, 5.41) is 6.34. The van der Waals surface area contributed by atoms with Gasteiger partial charge in [0.15, 0.2) is 0 Å². The van der Waals surface area contributed by atoms with Crippen LogP contribution in [0, 0.1) is 0 Å². The molecule has 4 nitrogen and oxygen atoms in total. The summed E-state index contributed by atoms with van der Waals surface area (Å²) in [4.78, 5) is 12.0. The van der Waals surface area contributed by atoms with E-state index in [1.165, 1.54) is 0 Å². The largest absolute Gasteiger partial charge is 0.490 e. The molecular weight excluding hydrogens is 240 g/mol. The minimum Gasteiger partial charge on any atom is -0.490 e. The number of piperidine rings is 1. The van der Waals surface area contributed by atoms with E-state index >= 15 is 0 Å². The van der Waals surface area contributed by atoms with Gasteiger partial charge in [-0.2, -0.15) is 0 Å². The van der Waals surface area contributed by atoms with Crippen molar-refractivity contribution >= 4 is 5.91 Å². The second-order valence-electron chi connectivity index (χ2n) is 4.62.